The first-order valence-electron chi connectivity index (χ1n) is 7.36. The zero-order chi connectivity index (χ0) is 17.8. The summed E-state index contributed by atoms with van der Waals surface area (Å²) in [5.74, 6) is -0.213. The van der Waals surface area contributed by atoms with Crippen LogP contribution in [0.4, 0.5) is 0 Å². The van der Waals surface area contributed by atoms with Gasteiger partial charge in [0.15, 0.2) is 11.2 Å². The molecule has 0 radical (unpaired) electrons. The van der Waals surface area contributed by atoms with Gasteiger partial charge in [-0.2, -0.15) is 4.98 Å². The number of aryl methyl sites for hydroxylation is 2. The van der Waals surface area contributed by atoms with Gasteiger partial charge in [0.1, 0.15) is 6.54 Å². The molecule has 126 valence electrons. The van der Waals surface area contributed by atoms with Crippen LogP contribution >= 0.6 is 0 Å². The third kappa shape index (κ3) is 1.94. The molecule has 0 aliphatic heterocycles. The van der Waals surface area contributed by atoms with E-state index in [1.807, 2.05) is 18.4 Å². The van der Waals surface area contributed by atoms with Crippen molar-refractivity contribution in [1.82, 2.24) is 23.1 Å². The fourth-order valence-corrected chi connectivity index (χ4v) is 2.96. The molecule has 1 amide bonds. The second-order valence-electron chi connectivity index (χ2n) is 5.69. The van der Waals surface area contributed by atoms with Crippen LogP contribution in [0.1, 0.15) is 11.4 Å². The summed E-state index contributed by atoms with van der Waals surface area (Å²) in [6.07, 6.45) is 1.73. The molecule has 3 aromatic heterocycles. The van der Waals surface area contributed by atoms with E-state index in [9.17, 15) is 14.4 Å². The zero-order valence-electron chi connectivity index (χ0n) is 13.7. The Morgan fingerprint density at radius 1 is 1.25 bits per heavy atom. The minimum absolute atomic E-state index is 0.247. The SMILES string of the molecule is C=CCn1c(C)c(C)n2c3c(=O)n(CC(N)=O)c(=O)n(C)c3nc12. The number of rotatable bonds is 4. The van der Waals surface area contributed by atoms with Crippen molar-refractivity contribution in [3.05, 3.63) is 44.9 Å². The summed E-state index contributed by atoms with van der Waals surface area (Å²) >= 11 is 0. The number of primary amides is 1. The first kappa shape index (κ1) is 15.8. The van der Waals surface area contributed by atoms with Crippen LogP contribution in [0.5, 0.6) is 0 Å². The number of carbonyl (C=O) groups is 1. The fourth-order valence-electron chi connectivity index (χ4n) is 2.96. The second-order valence-corrected chi connectivity index (χ2v) is 5.69. The maximum Gasteiger partial charge on any atom is 0.332 e. The van der Waals surface area contributed by atoms with E-state index in [2.05, 4.69) is 11.6 Å². The first-order valence-corrected chi connectivity index (χ1v) is 7.36. The van der Waals surface area contributed by atoms with E-state index in [4.69, 9.17) is 5.73 Å². The summed E-state index contributed by atoms with van der Waals surface area (Å²) in [7, 11) is 1.51. The Labute approximate surface area is 136 Å². The van der Waals surface area contributed by atoms with Crippen LogP contribution in [0.3, 0.4) is 0 Å². The Bertz CT molecular complexity index is 1120. The third-order valence-electron chi connectivity index (χ3n) is 4.26. The normalized spacial score (nSPS) is 11.5. The summed E-state index contributed by atoms with van der Waals surface area (Å²) in [6.45, 7) is 7.57. The van der Waals surface area contributed by atoms with E-state index in [1.165, 1.54) is 11.6 Å². The zero-order valence-corrected chi connectivity index (χ0v) is 13.7. The van der Waals surface area contributed by atoms with Gasteiger partial charge in [0.05, 0.1) is 0 Å². The predicted molar refractivity (Wildman–Crippen MR) is 89.1 cm³/mol. The molecule has 0 aliphatic carbocycles. The van der Waals surface area contributed by atoms with Gasteiger partial charge in [-0.25, -0.2) is 9.36 Å². The van der Waals surface area contributed by atoms with Crippen molar-refractivity contribution in [2.45, 2.75) is 26.9 Å². The number of amides is 1. The average Bonchev–Trinajstić information content (AvgIpc) is 3.02. The fraction of sp³-hybridized carbons (Fsp3) is 0.333. The highest BCUT2D eigenvalue weighted by Crippen LogP contribution is 2.20. The number of fused-ring (bicyclic) bond motifs is 3. The predicted octanol–water partition coefficient (Wildman–Crippen LogP) is -0.562. The van der Waals surface area contributed by atoms with E-state index in [-0.39, 0.29) is 11.2 Å². The summed E-state index contributed by atoms with van der Waals surface area (Å²) in [6, 6.07) is 0. The number of imidazole rings is 2. The van der Waals surface area contributed by atoms with E-state index < -0.39 is 23.7 Å². The van der Waals surface area contributed by atoms with Crippen molar-refractivity contribution >= 4 is 22.8 Å². The van der Waals surface area contributed by atoms with Crippen LogP contribution in [0.25, 0.3) is 16.9 Å². The molecule has 0 saturated carbocycles. The Morgan fingerprint density at radius 3 is 2.50 bits per heavy atom. The molecule has 9 nitrogen and oxygen atoms in total. The molecule has 2 N–H and O–H groups in total. The first-order chi connectivity index (χ1) is 11.3. The highest BCUT2D eigenvalue weighted by atomic mass is 16.2. The van der Waals surface area contributed by atoms with E-state index in [1.54, 1.807) is 10.5 Å². The number of nitrogens with zero attached hydrogens (tertiary/aromatic N) is 5. The van der Waals surface area contributed by atoms with Crippen molar-refractivity contribution in [3.63, 3.8) is 0 Å². The second kappa shape index (κ2) is 5.22. The molecule has 0 aromatic carbocycles. The van der Waals surface area contributed by atoms with Crippen molar-refractivity contribution in [2.24, 2.45) is 12.8 Å². The Morgan fingerprint density at radius 2 is 1.92 bits per heavy atom. The van der Waals surface area contributed by atoms with Crippen LogP contribution in [-0.4, -0.2) is 29.0 Å². The van der Waals surface area contributed by atoms with Gasteiger partial charge in [-0.1, -0.05) is 6.08 Å². The molecule has 3 aromatic rings. The van der Waals surface area contributed by atoms with E-state index >= 15 is 0 Å². The third-order valence-corrected chi connectivity index (χ3v) is 4.26. The molecular weight excluding hydrogens is 312 g/mol. The van der Waals surface area contributed by atoms with Gasteiger partial charge >= 0.3 is 5.69 Å². The lowest BCUT2D eigenvalue weighted by atomic mass is 10.3. The molecule has 0 spiro atoms. The van der Waals surface area contributed by atoms with Gasteiger partial charge in [-0.15, -0.1) is 6.58 Å². The number of nitrogens with two attached hydrogens (primary N) is 1. The quantitative estimate of drug-likeness (QED) is 0.646. The van der Waals surface area contributed by atoms with Gasteiger partial charge < -0.3 is 10.3 Å². The summed E-state index contributed by atoms with van der Waals surface area (Å²) < 4.78 is 5.69. The van der Waals surface area contributed by atoms with E-state index in [0.717, 1.165) is 16.0 Å². The lowest BCUT2D eigenvalue weighted by Gasteiger charge is -2.06. The van der Waals surface area contributed by atoms with Gasteiger partial charge in [0.2, 0.25) is 11.7 Å². The molecule has 0 aliphatic rings. The largest absolute Gasteiger partial charge is 0.368 e. The molecule has 3 heterocycles. The number of aromatic nitrogens is 5. The smallest absolute Gasteiger partial charge is 0.332 e. The van der Waals surface area contributed by atoms with Crippen molar-refractivity contribution < 1.29 is 4.79 Å². The molecule has 24 heavy (non-hydrogen) atoms. The van der Waals surface area contributed by atoms with Crippen molar-refractivity contribution in [2.75, 3.05) is 0 Å². The molecule has 0 unspecified atom stereocenters. The number of hydrogen-bond acceptors (Lipinski definition) is 4. The number of hydrogen-bond donors (Lipinski definition) is 1. The van der Waals surface area contributed by atoms with Gasteiger partial charge in [-0.3, -0.25) is 18.6 Å². The monoisotopic (exact) mass is 330 g/mol. The molecular formula is C15H18N6O3. The molecule has 0 saturated heterocycles. The van der Waals surface area contributed by atoms with Crippen molar-refractivity contribution in [1.29, 1.82) is 0 Å². The van der Waals surface area contributed by atoms with E-state index in [0.29, 0.717) is 12.3 Å². The number of allylic oxidation sites excluding steroid dienone is 1. The molecule has 0 bridgehead atoms. The maximum atomic E-state index is 12.8. The Hall–Kier alpha value is -3.10. The Kier molecular flexibility index (Phi) is 3.43. The maximum absolute atomic E-state index is 12.8. The standard InChI is InChI=1S/C15H18N6O3/c1-5-6-19-8(2)9(3)21-11-12(17-14(19)21)18(4)15(24)20(13(11)23)7-10(16)22/h5H,1,6-7H2,2-4H3,(H2,16,22). The minimum Gasteiger partial charge on any atom is -0.368 e. The Balaban J connectivity index is 2.56. The topological polar surface area (TPSA) is 109 Å². The molecule has 9 heteroatoms. The highest BCUT2D eigenvalue weighted by molar-refractivity contribution is 5.77. The lowest BCUT2D eigenvalue weighted by molar-refractivity contribution is -0.118. The van der Waals surface area contributed by atoms with Crippen LogP contribution in [0.15, 0.2) is 22.2 Å². The molecule has 3 rings (SSSR count). The average molecular weight is 330 g/mol. The van der Waals surface area contributed by atoms with Crippen LogP contribution in [-0.2, 0) is 24.9 Å². The minimum atomic E-state index is -0.758. The summed E-state index contributed by atoms with van der Waals surface area (Å²) in [4.78, 5) is 40.8. The summed E-state index contributed by atoms with van der Waals surface area (Å²) in [5.41, 5.74) is 6.23. The molecule has 0 atom stereocenters. The van der Waals surface area contributed by atoms with Crippen LogP contribution in [0.2, 0.25) is 0 Å². The lowest BCUT2D eigenvalue weighted by Crippen LogP contribution is -2.42. The van der Waals surface area contributed by atoms with Gasteiger partial charge in [0, 0.05) is 25.0 Å². The van der Waals surface area contributed by atoms with Crippen LogP contribution < -0.4 is 17.0 Å². The summed E-state index contributed by atoms with van der Waals surface area (Å²) in [5, 5.41) is 0. The van der Waals surface area contributed by atoms with Gasteiger partial charge in [-0.05, 0) is 13.8 Å². The number of carbonyl (C=O) groups excluding carboxylic acids is 1. The van der Waals surface area contributed by atoms with Gasteiger partial charge in [0.25, 0.3) is 5.56 Å². The molecule has 0 fully saturated rings. The van der Waals surface area contributed by atoms with Crippen molar-refractivity contribution in [3.8, 4) is 0 Å². The highest BCUT2D eigenvalue weighted by Gasteiger charge is 2.22. The van der Waals surface area contributed by atoms with Crippen LogP contribution in [0, 0.1) is 13.8 Å².